The molecule has 0 saturated heterocycles. The van der Waals surface area contributed by atoms with Crippen molar-refractivity contribution in [2.45, 2.75) is 19.4 Å². The van der Waals surface area contributed by atoms with Gasteiger partial charge in [-0.3, -0.25) is 0 Å². The molecule has 0 spiro atoms. The zero-order chi connectivity index (χ0) is 10.9. The van der Waals surface area contributed by atoms with Gasteiger partial charge in [-0.1, -0.05) is 30.3 Å². The molecular weight excluding hydrogens is 204 g/mol. The fourth-order valence-electron chi connectivity index (χ4n) is 1.36. The molecule has 0 unspecified atom stereocenters. The minimum atomic E-state index is 0.134. The van der Waals surface area contributed by atoms with E-state index in [2.05, 4.69) is 18.7 Å². The molecule has 0 fully saturated rings. The molecule has 1 N–H and O–H groups in total. The first kappa shape index (κ1) is 12.3. The van der Waals surface area contributed by atoms with Crippen LogP contribution in [0.15, 0.2) is 36.9 Å². The molecule has 0 saturated carbocycles. The van der Waals surface area contributed by atoms with Gasteiger partial charge in [0.05, 0.1) is 6.61 Å². The van der Waals surface area contributed by atoms with Crippen molar-refractivity contribution in [3.05, 3.63) is 48.0 Å². The maximum atomic E-state index is 8.89. The molecule has 0 aliphatic rings. The number of aryl methyl sites for hydroxylation is 1. The van der Waals surface area contributed by atoms with Crippen LogP contribution in [0.3, 0.4) is 0 Å². The van der Waals surface area contributed by atoms with Crippen LogP contribution >= 0.6 is 11.8 Å². The maximum absolute atomic E-state index is 8.89. The fourth-order valence-corrected chi connectivity index (χ4v) is 2.04. The second-order valence-electron chi connectivity index (χ2n) is 3.44. The number of aliphatic hydroxyl groups is 1. The predicted molar refractivity (Wildman–Crippen MR) is 68.2 cm³/mol. The van der Waals surface area contributed by atoms with Crippen LogP contribution in [-0.4, -0.2) is 16.6 Å². The lowest BCUT2D eigenvalue weighted by Gasteiger charge is -2.02. The third-order valence-corrected chi connectivity index (χ3v) is 3.24. The molecule has 1 aromatic carbocycles. The number of aliphatic hydroxyl groups excluding tert-OH is 1. The zero-order valence-corrected chi connectivity index (χ0v) is 9.80. The second-order valence-corrected chi connectivity index (χ2v) is 4.59. The van der Waals surface area contributed by atoms with Gasteiger partial charge in [0.2, 0.25) is 0 Å². The number of hydrogen-bond donors (Lipinski definition) is 1. The molecular formula is C13H18OS. The SMILES string of the molecule is C=CCSCCCc1ccc(CO)cc1. The van der Waals surface area contributed by atoms with Crippen molar-refractivity contribution in [3.8, 4) is 0 Å². The van der Waals surface area contributed by atoms with Crippen LogP contribution in [0, 0.1) is 0 Å². The molecule has 1 nitrogen and oxygen atoms in total. The van der Waals surface area contributed by atoms with Crippen LogP contribution in [-0.2, 0) is 13.0 Å². The lowest BCUT2D eigenvalue weighted by atomic mass is 10.1. The summed E-state index contributed by atoms with van der Waals surface area (Å²) >= 11 is 1.92. The molecule has 0 heterocycles. The first-order valence-corrected chi connectivity index (χ1v) is 6.39. The Balaban J connectivity index is 2.22. The van der Waals surface area contributed by atoms with E-state index in [1.54, 1.807) is 0 Å². The number of thioether (sulfide) groups is 1. The summed E-state index contributed by atoms with van der Waals surface area (Å²) in [6, 6.07) is 8.19. The Morgan fingerprint density at radius 3 is 2.47 bits per heavy atom. The third-order valence-electron chi connectivity index (χ3n) is 2.20. The Labute approximate surface area is 96.2 Å². The Bertz CT molecular complexity index is 279. The van der Waals surface area contributed by atoms with Gasteiger partial charge in [0.1, 0.15) is 0 Å². The fraction of sp³-hybridized carbons (Fsp3) is 0.385. The quantitative estimate of drug-likeness (QED) is 0.565. The molecule has 0 aliphatic heterocycles. The smallest absolute Gasteiger partial charge is 0.0681 e. The Morgan fingerprint density at radius 1 is 1.20 bits per heavy atom. The average molecular weight is 222 g/mol. The lowest BCUT2D eigenvalue weighted by molar-refractivity contribution is 0.282. The number of rotatable bonds is 7. The molecule has 15 heavy (non-hydrogen) atoms. The van der Waals surface area contributed by atoms with E-state index in [4.69, 9.17) is 5.11 Å². The van der Waals surface area contributed by atoms with Gasteiger partial charge in [0.25, 0.3) is 0 Å². The van der Waals surface area contributed by atoms with Gasteiger partial charge in [-0.2, -0.15) is 11.8 Å². The van der Waals surface area contributed by atoms with Gasteiger partial charge < -0.3 is 5.11 Å². The molecule has 0 atom stereocenters. The highest BCUT2D eigenvalue weighted by Crippen LogP contribution is 2.09. The molecule has 0 radical (unpaired) electrons. The maximum Gasteiger partial charge on any atom is 0.0681 e. The van der Waals surface area contributed by atoms with Crippen molar-refractivity contribution in [2.75, 3.05) is 11.5 Å². The standard InChI is InChI=1S/C13H18OS/c1-2-9-15-10-3-4-12-5-7-13(11-14)8-6-12/h2,5-8,14H,1,3-4,9-11H2. The van der Waals surface area contributed by atoms with Gasteiger partial charge in [0.15, 0.2) is 0 Å². The molecule has 0 aliphatic carbocycles. The zero-order valence-electron chi connectivity index (χ0n) is 8.98. The van der Waals surface area contributed by atoms with E-state index in [0.717, 1.165) is 17.7 Å². The van der Waals surface area contributed by atoms with E-state index >= 15 is 0 Å². The van der Waals surface area contributed by atoms with Crippen molar-refractivity contribution in [3.63, 3.8) is 0 Å². The highest BCUT2D eigenvalue weighted by Gasteiger charge is 1.94. The van der Waals surface area contributed by atoms with Crippen molar-refractivity contribution >= 4 is 11.8 Å². The van der Waals surface area contributed by atoms with E-state index in [1.807, 2.05) is 30.0 Å². The summed E-state index contributed by atoms with van der Waals surface area (Å²) in [6.45, 7) is 3.83. The molecule has 1 aromatic rings. The van der Waals surface area contributed by atoms with Crippen LogP contribution < -0.4 is 0 Å². The van der Waals surface area contributed by atoms with E-state index in [9.17, 15) is 0 Å². The Hall–Kier alpha value is -0.730. The van der Waals surface area contributed by atoms with E-state index in [1.165, 1.54) is 17.7 Å². The van der Waals surface area contributed by atoms with Gasteiger partial charge in [-0.25, -0.2) is 0 Å². The van der Waals surface area contributed by atoms with E-state index in [-0.39, 0.29) is 6.61 Å². The van der Waals surface area contributed by atoms with Crippen molar-refractivity contribution in [2.24, 2.45) is 0 Å². The first-order valence-electron chi connectivity index (χ1n) is 5.24. The molecule has 1 rings (SSSR count). The van der Waals surface area contributed by atoms with Crippen LogP contribution in [0.1, 0.15) is 17.5 Å². The van der Waals surface area contributed by atoms with Crippen LogP contribution in [0.25, 0.3) is 0 Å². The van der Waals surface area contributed by atoms with Gasteiger partial charge >= 0.3 is 0 Å². The average Bonchev–Trinajstić information content (AvgIpc) is 2.30. The van der Waals surface area contributed by atoms with Crippen molar-refractivity contribution in [1.82, 2.24) is 0 Å². The van der Waals surface area contributed by atoms with Crippen molar-refractivity contribution in [1.29, 1.82) is 0 Å². The van der Waals surface area contributed by atoms with Crippen LogP contribution in [0.2, 0.25) is 0 Å². The summed E-state index contributed by atoms with van der Waals surface area (Å²) < 4.78 is 0. The normalized spacial score (nSPS) is 10.2. The van der Waals surface area contributed by atoms with Gasteiger partial charge in [-0.15, -0.1) is 6.58 Å². The number of benzene rings is 1. The third kappa shape index (κ3) is 5.05. The Morgan fingerprint density at radius 2 is 1.87 bits per heavy atom. The van der Waals surface area contributed by atoms with Gasteiger partial charge in [-0.05, 0) is 29.7 Å². The summed E-state index contributed by atoms with van der Waals surface area (Å²) in [4.78, 5) is 0. The van der Waals surface area contributed by atoms with Gasteiger partial charge in [0, 0.05) is 5.75 Å². The topological polar surface area (TPSA) is 20.2 Å². The summed E-state index contributed by atoms with van der Waals surface area (Å²) in [7, 11) is 0. The van der Waals surface area contributed by atoms with Crippen molar-refractivity contribution < 1.29 is 5.11 Å². The molecule has 0 bridgehead atoms. The minimum Gasteiger partial charge on any atom is -0.392 e. The second kappa shape index (κ2) is 7.55. The highest BCUT2D eigenvalue weighted by molar-refractivity contribution is 7.99. The highest BCUT2D eigenvalue weighted by atomic mass is 32.2. The number of hydrogen-bond acceptors (Lipinski definition) is 2. The Kier molecular flexibility index (Phi) is 6.21. The summed E-state index contributed by atoms with van der Waals surface area (Å²) in [5.41, 5.74) is 2.34. The molecule has 82 valence electrons. The monoisotopic (exact) mass is 222 g/mol. The molecule has 0 aromatic heterocycles. The van der Waals surface area contributed by atoms with E-state index < -0.39 is 0 Å². The lowest BCUT2D eigenvalue weighted by Crippen LogP contribution is -1.89. The summed E-state index contributed by atoms with van der Waals surface area (Å²) in [6.07, 6.45) is 4.27. The summed E-state index contributed by atoms with van der Waals surface area (Å²) in [5.74, 6) is 2.23. The predicted octanol–water partition coefficient (Wildman–Crippen LogP) is 3.03. The molecule has 2 heteroatoms. The van der Waals surface area contributed by atoms with Crippen LogP contribution in [0.5, 0.6) is 0 Å². The van der Waals surface area contributed by atoms with E-state index in [0.29, 0.717) is 0 Å². The summed E-state index contributed by atoms with van der Waals surface area (Å²) in [5, 5.41) is 8.89. The first-order chi connectivity index (χ1) is 7.36. The van der Waals surface area contributed by atoms with Crippen LogP contribution in [0.4, 0.5) is 0 Å². The largest absolute Gasteiger partial charge is 0.392 e. The minimum absolute atomic E-state index is 0.134. The molecule has 0 amide bonds.